The first-order chi connectivity index (χ1) is 23.6. The third-order valence-electron chi connectivity index (χ3n) is 9.25. The van der Waals surface area contributed by atoms with Gasteiger partial charge < -0.3 is 11.1 Å². The maximum absolute atomic E-state index is 15.2. The Balaban J connectivity index is 1.53. The smallest absolute Gasteiger partial charge is 0.292 e. The summed E-state index contributed by atoms with van der Waals surface area (Å²) in [6.45, 7) is 5.88. The zero-order valence-electron chi connectivity index (χ0n) is 27.6. The minimum absolute atomic E-state index is 0.0679. The topological polar surface area (TPSA) is 108 Å². The SMILES string of the molecule is CCc1c(C)ccc(-n2c(C(Cc3cc(F)cc(F)c3)NC(=O)Cn3nc(C(F)F)c4c3C(F)(F)C(C)C4)nc3cc(C)ccc3c2=O)c1N. The van der Waals surface area contributed by atoms with Crippen LogP contribution in [0.1, 0.15) is 71.3 Å². The van der Waals surface area contributed by atoms with Crippen LogP contribution in [-0.4, -0.2) is 25.2 Å². The molecular weight excluding hydrogens is 662 g/mol. The van der Waals surface area contributed by atoms with E-state index < -0.39 is 65.3 Å². The Bertz CT molecular complexity index is 2190. The van der Waals surface area contributed by atoms with Gasteiger partial charge in [-0.2, -0.15) is 13.9 Å². The van der Waals surface area contributed by atoms with Crippen molar-refractivity contribution in [3.05, 3.63) is 116 Å². The molecule has 1 aliphatic rings. The van der Waals surface area contributed by atoms with Gasteiger partial charge in [-0.3, -0.25) is 18.8 Å². The van der Waals surface area contributed by atoms with Gasteiger partial charge in [0.25, 0.3) is 17.9 Å². The highest BCUT2D eigenvalue weighted by Gasteiger charge is 2.51. The molecule has 2 aromatic heterocycles. The van der Waals surface area contributed by atoms with E-state index in [0.717, 1.165) is 28.8 Å². The number of nitrogens with zero attached hydrogens (tertiary/aromatic N) is 4. The summed E-state index contributed by atoms with van der Waals surface area (Å²) in [4.78, 5) is 32.8. The number of amides is 1. The Morgan fingerprint density at radius 3 is 2.44 bits per heavy atom. The number of hydrogen-bond donors (Lipinski definition) is 2. The number of nitrogen functional groups attached to an aromatic ring is 1. The molecule has 14 heteroatoms. The molecule has 0 spiro atoms. The number of aromatic nitrogens is 4. The first-order valence-electron chi connectivity index (χ1n) is 16.0. The summed E-state index contributed by atoms with van der Waals surface area (Å²) in [6.07, 6.45) is -3.29. The number of carbonyl (C=O) groups excluding carboxylic acids is 1. The van der Waals surface area contributed by atoms with E-state index in [1.807, 2.05) is 13.8 Å². The van der Waals surface area contributed by atoms with Crippen molar-refractivity contribution < 1.29 is 31.1 Å². The number of nitrogens with two attached hydrogens (primary N) is 1. The maximum atomic E-state index is 15.2. The second-order valence-corrected chi connectivity index (χ2v) is 12.8. The van der Waals surface area contributed by atoms with Crippen molar-refractivity contribution in [2.24, 2.45) is 5.92 Å². The number of aryl methyl sites for hydroxylation is 2. The van der Waals surface area contributed by atoms with Crippen LogP contribution in [0.3, 0.4) is 0 Å². The van der Waals surface area contributed by atoms with E-state index in [1.165, 1.54) is 11.5 Å². The first-order valence-corrected chi connectivity index (χ1v) is 16.0. The number of alkyl halides is 4. The number of anilines is 1. The first kappa shape index (κ1) is 34.7. The number of benzene rings is 3. The zero-order valence-corrected chi connectivity index (χ0v) is 27.6. The fourth-order valence-corrected chi connectivity index (χ4v) is 6.80. The Kier molecular flexibility index (Phi) is 8.99. The van der Waals surface area contributed by atoms with Crippen molar-refractivity contribution in [1.82, 2.24) is 24.6 Å². The molecule has 0 fully saturated rings. The molecule has 0 saturated heterocycles. The van der Waals surface area contributed by atoms with Crippen molar-refractivity contribution in [1.29, 1.82) is 0 Å². The highest BCUT2D eigenvalue weighted by atomic mass is 19.3. The van der Waals surface area contributed by atoms with Crippen LogP contribution in [0.5, 0.6) is 0 Å². The Labute approximate surface area is 282 Å². The van der Waals surface area contributed by atoms with Crippen LogP contribution in [0.2, 0.25) is 0 Å². The van der Waals surface area contributed by atoms with Crippen LogP contribution in [0.4, 0.5) is 32.0 Å². The van der Waals surface area contributed by atoms with Gasteiger partial charge in [-0.1, -0.05) is 26.0 Å². The molecule has 0 aliphatic heterocycles. The van der Waals surface area contributed by atoms with Crippen LogP contribution in [0.15, 0.2) is 53.3 Å². The number of halogens is 6. The molecule has 2 heterocycles. The van der Waals surface area contributed by atoms with E-state index >= 15 is 8.78 Å². The third kappa shape index (κ3) is 6.11. The van der Waals surface area contributed by atoms with Crippen molar-refractivity contribution in [3.8, 4) is 5.69 Å². The minimum atomic E-state index is -3.54. The van der Waals surface area contributed by atoms with Gasteiger partial charge in [-0.05, 0) is 79.3 Å². The van der Waals surface area contributed by atoms with Gasteiger partial charge in [0.15, 0.2) is 0 Å². The Morgan fingerprint density at radius 2 is 1.78 bits per heavy atom. The minimum Gasteiger partial charge on any atom is -0.397 e. The number of rotatable bonds is 9. The lowest BCUT2D eigenvalue weighted by Crippen LogP contribution is -2.38. The zero-order chi connectivity index (χ0) is 36.2. The second kappa shape index (κ2) is 13.0. The van der Waals surface area contributed by atoms with Gasteiger partial charge in [0.05, 0.1) is 28.3 Å². The van der Waals surface area contributed by atoms with Gasteiger partial charge in [-0.25, -0.2) is 22.5 Å². The maximum Gasteiger partial charge on any atom is 0.292 e. The lowest BCUT2D eigenvalue weighted by Gasteiger charge is -2.25. The molecule has 2 unspecified atom stereocenters. The summed E-state index contributed by atoms with van der Waals surface area (Å²) in [6, 6.07) is 9.82. The molecule has 2 atom stereocenters. The van der Waals surface area contributed by atoms with E-state index in [0.29, 0.717) is 17.2 Å². The number of fused-ring (bicyclic) bond motifs is 2. The molecule has 262 valence electrons. The molecule has 0 bridgehead atoms. The molecule has 6 rings (SSSR count). The van der Waals surface area contributed by atoms with Crippen LogP contribution in [0, 0.1) is 31.4 Å². The molecule has 3 aromatic carbocycles. The van der Waals surface area contributed by atoms with E-state index in [9.17, 15) is 27.2 Å². The molecule has 8 nitrogen and oxygen atoms in total. The predicted octanol–water partition coefficient (Wildman–Crippen LogP) is 6.94. The molecule has 1 aliphatic carbocycles. The molecule has 50 heavy (non-hydrogen) atoms. The Hall–Kier alpha value is -5.14. The van der Waals surface area contributed by atoms with Gasteiger partial charge in [0.1, 0.15) is 35.4 Å². The van der Waals surface area contributed by atoms with Crippen molar-refractivity contribution in [2.45, 2.75) is 71.9 Å². The monoisotopic (exact) mass is 696 g/mol. The summed E-state index contributed by atoms with van der Waals surface area (Å²) < 4.78 is 88.8. The average molecular weight is 697 g/mol. The third-order valence-corrected chi connectivity index (χ3v) is 9.25. The fourth-order valence-electron chi connectivity index (χ4n) is 6.80. The Morgan fingerprint density at radius 1 is 1.08 bits per heavy atom. The van der Waals surface area contributed by atoms with Gasteiger partial charge in [0.2, 0.25) is 5.91 Å². The molecular formula is C36H34F6N6O2. The van der Waals surface area contributed by atoms with Gasteiger partial charge >= 0.3 is 0 Å². The lowest BCUT2D eigenvalue weighted by atomic mass is 10.0. The summed E-state index contributed by atoms with van der Waals surface area (Å²) in [5.41, 5.74) is 7.41. The molecule has 1 amide bonds. The van der Waals surface area contributed by atoms with Gasteiger partial charge in [0, 0.05) is 24.0 Å². The number of nitrogens with one attached hydrogen (secondary N) is 1. The summed E-state index contributed by atoms with van der Waals surface area (Å²) in [5.74, 6) is -7.66. The van der Waals surface area contributed by atoms with Crippen molar-refractivity contribution in [3.63, 3.8) is 0 Å². The van der Waals surface area contributed by atoms with Crippen LogP contribution >= 0.6 is 0 Å². The molecule has 0 radical (unpaired) electrons. The summed E-state index contributed by atoms with van der Waals surface area (Å²) in [7, 11) is 0. The number of carbonyl (C=O) groups is 1. The normalized spacial score (nSPS) is 15.9. The van der Waals surface area contributed by atoms with E-state index in [-0.39, 0.29) is 52.1 Å². The highest BCUT2D eigenvalue weighted by Crippen LogP contribution is 2.48. The molecule has 5 aromatic rings. The molecule has 0 saturated carbocycles. The highest BCUT2D eigenvalue weighted by molar-refractivity contribution is 5.80. The average Bonchev–Trinajstić information content (AvgIpc) is 3.50. The van der Waals surface area contributed by atoms with Crippen molar-refractivity contribution in [2.75, 3.05) is 5.73 Å². The van der Waals surface area contributed by atoms with Gasteiger partial charge in [-0.15, -0.1) is 0 Å². The van der Waals surface area contributed by atoms with Crippen molar-refractivity contribution >= 4 is 22.5 Å². The second-order valence-electron chi connectivity index (χ2n) is 12.8. The van der Waals surface area contributed by atoms with E-state index in [2.05, 4.69) is 10.4 Å². The summed E-state index contributed by atoms with van der Waals surface area (Å²) in [5, 5.41) is 6.59. The van der Waals surface area contributed by atoms with Crippen LogP contribution in [0.25, 0.3) is 16.6 Å². The standard InChI is InChI=1S/C36H34F6N6O2/c1-5-23-18(3)7-9-28(30(23)43)48-34(45-26-10-17(2)6-8-24(26)35(48)50)27(14-20-12-21(37)15-22(38)13-20)44-29(49)16-47-32-25(31(46-47)33(39)40)11-19(4)36(32,41)42/h6-10,12-13,15,19,27,33H,5,11,14,16,43H2,1-4H3,(H,44,49). The number of hydrogen-bond acceptors (Lipinski definition) is 5. The lowest BCUT2D eigenvalue weighted by molar-refractivity contribution is -0.123. The van der Waals surface area contributed by atoms with Crippen LogP contribution < -0.4 is 16.6 Å². The quantitative estimate of drug-likeness (QED) is 0.128. The van der Waals surface area contributed by atoms with E-state index in [1.54, 1.807) is 37.3 Å². The van der Waals surface area contributed by atoms with E-state index in [4.69, 9.17) is 10.7 Å². The largest absolute Gasteiger partial charge is 0.397 e. The van der Waals surface area contributed by atoms with Crippen LogP contribution in [-0.2, 0) is 36.5 Å². The summed E-state index contributed by atoms with van der Waals surface area (Å²) >= 11 is 0. The predicted molar refractivity (Wildman–Crippen MR) is 175 cm³/mol. The fraction of sp³-hybridized carbons (Fsp3) is 0.333. The molecule has 3 N–H and O–H groups in total.